The molecule has 2 heterocycles. The lowest BCUT2D eigenvalue weighted by Crippen LogP contribution is -2.04. The van der Waals surface area contributed by atoms with E-state index in [-0.39, 0.29) is 0 Å². The van der Waals surface area contributed by atoms with E-state index in [1.807, 2.05) is 12.1 Å². The molecule has 0 unspecified atom stereocenters. The number of hydrogen-bond donors (Lipinski definition) is 0. The Morgan fingerprint density at radius 2 is 1.04 bits per heavy atom. The molecule has 0 saturated carbocycles. The number of nitrogens with zero attached hydrogens (tertiary/aromatic N) is 4. The fourth-order valence-corrected chi connectivity index (χ4v) is 7.51. The van der Waals surface area contributed by atoms with Crippen LogP contribution in [0.1, 0.15) is 27.8 Å². The van der Waals surface area contributed by atoms with Gasteiger partial charge >= 0.3 is 0 Å². The zero-order valence-corrected chi connectivity index (χ0v) is 26.2. The van der Waals surface area contributed by atoms with Crippen molar-refractivity contribution in [1.82, 2.24) is 9.13 Å². The molecular weight excluding hydrogens is 560 g/mol. The average Bonchev–Trinajstić information content (AvgIpc) is 3.56. The average molecular weight is 591 g/mol. The normalized spacial score (nSPS) is 11.4. The topological polar surface area (TPSA) is 38.0 Å². The van der Waals surface area contributed by atoms with Crippen molar-refractivity contribution in [3.05, 3.63) is 148 Å². The molecule has 8 aromatic rings. The van der Waals surface area contributed by atoms with E-state index in [1.165, 1.54) is 22.3 Å². The minimum absolute atomic E-state index is 0.448. The molecule has 46 heavy (non-hydrogen) atoms. The van der Waals surface area contributed by atoms with Crippen molar-refractivity contribution in [3.8, 4) is 28.6 Å². The number of aromatic nitrogens is 2. The van der Waals surface area contributed by atoms with Gasteiger partial charge in [-0.3, -0.25) is 0 Å². The number of hydrogen-bond acceptors (Lipinski definition) is 1. The van der Waals surface area contributed by atoms with Gasteiger partial charge in [0.25, 0.3) is 0 Å². The summed E-state index contributed by atoms with van der Waals surface area (Å²) in [6.45, 7) is 16.6. The minimum Gasteiger partial charge on any atom is -0.308 e. The maximum atomic E-state index is 10.1. The molecule has 4 heteroatoms. The molecule has 0 aliphatic heterocycles. The van der Waals surface area contributed by atoms with Crippen molar-refractivity contribution in [2.45, 2.75) is 27.7 Å². The number of para-hydroxylation sites is 4. The number of benzene rings is 6. The molecule has 0 fully saturated rings. The Morgan fingerprint density at radius 1 is 0.565 bits per heavy atom. The Hall–Kier alpha value is -6.10. The van der Waals surface area contributed by atoms with E-state index in [0.717, 1.165) is 66.1 Å². The molecule has 0 aliphatic rings. The first-order chi connectivity index (χ1) is 22.4. The molecule has 4 nitrogen and oxygen atoms in total. The van der Waals surface area contributed by atoms with E-state index >= 15 is 0 Å². The zero-order chi connectivity index (χ0) is 31.7. The van der Waals surface area contributed by atoms with Gasteiger partial charge in [0, 0.05) is 32.7 Å². The van der Waals surface area contributed by atoms with E-state index in [1.54, 1.807) is 6.07 Å². The van der Waals surface area contributed by atoms with Gasteiger partial charge in [-0.25, -0.2) is 4.85 Å². The molecule has 6 aromatic carbocycles. The third-order valence-corrected chi connectivity index (χ3v) is 9.38. The van der Waals surface area contributed by atoms with E-state index in [2.05, 4.69) is 139 Å². The van der Waals surface area contributed by atoms with Crippen molar-refractivity contribution in [1.29, 1.82) is 5.26 Å². The molecule has 0 bridgehead atoms. The van der Waals surface area contributed by atoms with E-state index in [0.29, 0.717) is 11.3 Å². The maximum absolute atomic E-state index is 10.1. The van der Waals surface area contributed by atoms with Gasteiger partial charge in [-0.05, 0) is 91.9 Å². The molecule has 0 amide bonds. The highest BCUT2D eigenvalue weighted by Crippen LogP contribution is 2.48. The van der Waals surface area contributed by atoms with E-state index < -0.39 is 0 Å². The van der Waals surface area contributed by atoms with Gasteiger partial charge in [0.05, 0.1) is 46.1 Å². The van der Waals surface area contributed by atoms with Crippen LogP contribution in [-0.4, -0.2) is 9.13 Å². The lowest BCUT2D eigenvalue weighted by atomic mass is 9.95. The summed E-state index contributed by atoms with van der Waals surface area (Å²) < 4.78 is 4.82. The SMILES string of the molecule is [C-]#[N+]c1cc(C#N)cc(-c2c3c(cc4c5ccccc5n(-c5c(C)cccc5C)c24)c2ccccc2n3-c2c(C)cccc2C)c1. The Bertz CT molecular complexity index is 2430. The number of nitriles is 1. The number of fused-ring (bicyclic) bond motifs is 6. The van der Waals surface area contributed by atoms with Crippen LogP contribution in [0.15, 0.2) is 109 Å². The molecule has 0 spiro atoms. The molecule has 0 radical (unpaired) electrons. The standard InChI is InChI=1S/C42H30N4/c1-25-12-10-13-26(2)39(25)45-36-18-8-6-16-32(36)34-23-35-33-17-7-9-19-37(33)46(40-27(3)14-11-15-28(40)4)42(35)38(41(34)45)30-20-29(24-43)21-31(22-30)44-5/h6-23H,1-4H3. The van der Waals surface area contributed by atoms with Crippen molar-refractivity contribution in [2.24, 2.45) is 0 Å². The first-order valence-corrected chi connectivity index (χ1v) is 15.5. The van der Waals surface area contributed by atoms with Crippen LogP contribution < -0.4 is 0 Å². The second-order valence-electron chi connectivity index (χ2n) is 12.2. The third-order valence-electron chi connectivity index (χ3n) is 9.38. The lowest BCUT2D eigenvalue weighted by Gasteiger charge is -2.20. The van der Waals surface area contributed by atoms with Gasteiger partial charge in [-0.15, -0.1) is 0 Å². The fourth-order valence-electron chi connectivity index (χ4n) is 7.51. The maximum Gasteiger partial charge on any atom is 0.189 e. The van der Waals surface area contributed by atoms with Gasteiger partial charge in [0.1, 0.15) is 0 Å². The van der Waals surface area contributed by atoms with Crippen molar-refractivity contribution in [3.63, 3.8) is 0 Å². The van der Waals surface area contributed by atoms with Gasteiger partial charge in [-0.1, -0.05) is 72.8 Å². The second kappa shape index (κ2) is 10.2. The van der Waals surface area contributed by atoms with Crippen LogP contribution in [0.4, 0.5) is 5.69 Å². The molecule has 0 saturated heterocycles. The van der Waals surface area contributed by atoms with Crippen molar-refractivity contribution < 1.29 is 0 Å². The summed E-state index contributed by atoms with van der Waals surface area (Å²) in [4.78, 5) is 3.81. The summed E-state index contributed by atoms with van der Waals surface area (Å²) in [7, 11) is 0. The Balaban J connectivity index is 1.75. The second-order valence-corrected chi connectivity index (χ2v) is 12.2. The summed E-state index contributed by atoms with van der Waals surface area (Å²) in [5.41, 5.74) is 14.1. The van der Waals surface area contributed by atoms with Crippen LogP contribution in [0.25, 0.3) is 71.0 Å². The zero-order valence-electron chi connectivity index (χ0n) is 26.2. The van der Waals surface area contributed by atoms with Crippen LogP contribution in [-0.2, 0) is 0 Å². The largest absolute Gasteiger partial charge is 0.308 e. The fraction of sp³-hybridized carbons (Fsp3) is 0.0952. The molecule has 0 atom stereocenters. The molecule has 218 valence electrons. The van der Waals surface area contributed by atoms with Crippen molar-refractivity contribution >= 4 is 49.3 Å². The molecule has 0 N–H and O–H groups in total. The molecule has 8 rings (SSSR count). The number of aryl methyl sites for hydroxylation is 4. The lowest BCUT2D eigenvalue weighted by molar-refractivity contribution is 1.11. The smallest absolute Gasteiger partial charge is 0.189 e. The van der Waals surface area contributed by atoms with Crippen LogP contribution in [0, 0.1) is 45.6 Å². The molecular formula is C42H30N4. The quantitative estimate of drug-likeness (QED) is 0.189. The summed E-state index contributed by atoms with van der Waals surface area (Å²) in [6, 6.07) is 40.4. The summed E-state index contributed by atoms with van der Waals surface area (Å²) >= 11 is 0. The Kier molecular flexibility index (Phi) is 6.11. The van der Waals surface area contributed by atoms with Crippen LogP contribution in [0.2, 0.25) is 0 Å². The van der Waals surface area contributed by atoms with Gasteiger partial charge in [0.2, 0.25) is 0 Å². The highest BCUT2D eigenvalue weighted by molar-refractivity contribution is 6.26. The van der Waals surface area contributed by atoms with Crippen LogP contribution in [0.5, 0.6) is 0 Å². The highest BCUT2D eigenvalue weighted by Gasteiger charge is 2.26. The predicted molar refractivity (Wildman–Crippen MR) is 190 cm³/mol. The summed E-state index contributed by atoms with van der Waals surface area (Å²) in [5, 5.41) is 14.7. The Morgan fingerprint density at radius 3 is 1.50 bits per heavy atom. The highest BCUT2D eigenvalue weighted by atomic mass is 15.0. The summed E-state index contributed by atoms with van der Waals surface area (Å²) in [5.74, 6) is 0. The first kappa shape index (κ1) is 27.4. The van der Waals surface area contributed by atoms with E-state index in [4.69, 9.17) is 6.57 Å². The van der Waals surface area contributed by atoms with Crippen molar-refractivity contribution in [2.75, 3.05) is 0 Å². The predicted octanol–water partition coefficient (Wildman–Crippen LogP) is 11.2. The first-order valence-electron chi connectivity index (χ1n) is 15.5. The summed E-state index contributed by atoms with van der Waals surface area (Å²) in [6.07, 6.45) is 0. The minimum atomic E-state index is 0.448. The monoisotopic (exact) mass is 590 g/mol. The van der Waals surface area contributed by atoms with Gasteiger partial charge in [0.15, 0.2) is 5.69 Å². The molecule has 0 aliphatic carbocycles. The Labute approximate surface area is 267 Å². The van der Waals surface area contributed by atoms with Gasteiger partial charge in [-0.2, -0.15) is 5.26 Å². The van der Waals surface area contributed by atoms with E-state index in [9.17, 15) is 5.26 Å². The number of rotatable bonds is 3. The molecule has 2 aromatic heterocycles. The third kappa shape index (κ3) is 3.84. The van der Waals surface area contributed by atoms with Crippen LogP contribution in [0.3, 0.4) is 0 Å². The van der Waals surface area contributed by atoms with Crippen LogP contribution >= 0.6 is 0 Å². The van der Waals surface area contributed by atoms with Gasteiger partial charge < -0.3 is 9.13 Å².